The van der Waals surface area contributed by atoms with Crippen LogP contribution in [-0.2, 0) is 16.8 Å². The lowest BCUT2D eigenvalue weighted by Gasteiger charge is -2.29. The standard InChI is InChI=1S/C19H16F4N2O3/c1-28-15-8-2-12(3-9-15)10-11-25-16(26)18(19(21,22)23,24-17(25)27)13-4-6-14(20)7-5-13/h2-9H,10-11H2,1H3,(H,24,27)/t18-/m0/s1. The monoisotopic (exact) mass is 396 g/mol. The summed E-state index contributed by atoms with van der Waals surface area (Å²) in [6.45, 7) is -0.240. The molecule has 1 fully saturated rings. The normalized spacial score (nSPS) is 19.7. The quantitative estimate of drug-likeness (QED) is 0.623. The van der Waals surface area contributed by atoms with E-state index in [1.165, 1.54) is 7.11 Å². The maximum absolute atomic E-state index is 13.9. The van der Waals surface area contributed by atoms with E-state index in [0.29, 0.717) is 16.2 Å². The van der Waals surface area contributed by atoms with Gasteiger partial charge >= 0.3 is 12.2 Å². The number of benzene rings is 2. The van der Waals surface area contributed by atoms with E-state index >= 15 is 0 Å². The molecule has 0 unspecified atom stereocenters. The zero-order valence-electron chi connectivity index (χ0n) is 14.7. The van der Waals surface area contributed by atoms with Gasteiger partial charge in [-0.1, -0.05) is 24.3 Å². The molecule has 28 heavy (non-hydrogen) atoms. The zero-order valence-corrected chi connectivity index (χ0v) is 14.7. The molecular weight excluding hydrogens is 380 g/mol. The molecule has 0 bridgehead atoms. The lowest BCUT2D eigenvalue weighted by atomic mass is 9.89. The van der Waals surface area contributed by atoms with Crippen LogP contribution in [0.25, 0.3) is 0 Å². The Morgan fingerprint density at radius 2 is 1.64 bits per heavy atom. The van der Waals surface area contributed by atoms with E-state index in [9.17, 15) is 27.2 Å². The summed E-state index contributed by atoms with van der Waals surface area (Å²) < 4.78 is 59.8. The summed E-state index contributed by atoms with van der Waals surface area (Å²) in [5.41, 5.74) is -3.07. The van der Waals surface area contributed by atoms with E-state index in [2.05, 4.69) is 0 Å². The molecule has 3 amide bonds. The Balaban J connectivity index is 1.87. The van der Waals surface area contributed by atoms with Crippen molar-refractivity contribution in [3.63, 3.8) is 0 Å². The third kappa shape index (κ3) is 3.28. The number of methoxy groups -OCH3 is 1. The van der Waals surface area contributed by atoms with Gasteiger partial charge in [-0.25, -0.2) is 9.18 Å². The molecule has 0 aliphatic carbocycles. The number of hydrogen-bond donors (Lipinski definition) is 1. The van der Waals surface area contributed by atoms with Gasteiger partial charge < -0.3 is 10.1 Å². The van der Waals surface area contributed by atoms with Gasteiger partial charge in [0.25, 0.3) is 5.91 Å². The highest BCUT2D eigenvalue weighted by Crippen LogP contribution is 2.43. The molecule has 5 nitrogen and oxygen atoms in total. The SMILES string of the molecule is COc1ccc(CCN2C(=O)N[C@](c3ccc(F)cc3)(C(F)(F)F)C2=O)cc1. The van der Waals surface area contributed by atoms with E-state index in [1.807, 2.05) is 0 Å². The fourth-order valence-corrected chi connectivity index (χ4v) is 3.06. The Morgan fingerprint density at radius 3 is 2.18 bits per heavy atom. The smallest absolute Gasteiger partial charge is 0.425 e. The van der Waals surface area contributed by atoms with Crippen molar-refractivity contribution in [3.05, 3.63) is 65.5 Å². The summed E-state index contributed by atoms with van der Waals surface area (Å²) in [6.07, 6.45) is -4.94. The molecule has 1 aliphatic rings. The van der Waals surface area contributed by atoms with Gasteiger partial charge in [-0.3, -0.25) is 9.69 Å². The molecule has 0 aromatic heterocycles. The van der Waals surface area contributed by atoms with Crippen molar-refractivity contribution in [2.45, 2.75) is 18.1 Å². The predicted octanol–water partition coefficient (Wildman–Crippen LogP) is 3.39. The van der Waals surface area contributed by atoms with Gasteiger partial charge in [-0.2, -0.15) is 13.2 Å². The highest BCUT2D eigenvalue weighted by Gasteiger charge is 2.68. The first-order valence-electron chi connectivity index (χ1n) is 8.29. The van der Waals surface area contributed by atoms with Gasteiger partial charge in [0.05, 0.1) is 7.11 Å². The van der Waals surface area contributed by atoms with Crippen LogP contribution in [0.5, 0.6) is 5.75 Å². The number of alkyl halides is 3. The average molecular weight is 396 g/mol. The molecule has 0 saturated carbocycles. The number of imide groups is 1. The molecule has 148 valence electrons. The van der Waals surface area contributed by atoms with Crippen LogP contribution in [0.2, 0.25) is 0 Å². The van der Waals surface area contributed by atoms with E-state index in [-0.39, 0.29) is 13.0 Å². The van der Waals surface area contributed by atoms with Gasteiger partial charge in [0.1, 0.15) is 11.6 Å². The Kier molecular flexibility index (Phi) is 5.01. The topological polar surface area (TPSA) is 58.6 Å². The molecule has 1 saturated heterocycles. The first-order valence-corrected chi connectivity index (χ1v) is 8.29. The van der Waals surface area contributed by atoms with Crippen LogP contribution < -0.4 is 10.1 Å². The molecule has 0 radical (unpaired) electrons. The second-order valence-electron chi connectivity index (χ2n) is 6.24. The van der Waals surface area contributed by atoms with Crippen LogP contribution in [0.15, 0.2) is 48.5 Å². The number of carbonyl (C=O) groups is 2. The van der Waals surface area contributed by atoms with Crippen LogP contribution >= 0.6 is 0 Å². The van der Waals surface area contributed by atoms with Gasteiger partial charge in [-0.15, -0.1) is 0 Å². The van der Waals surface area contributed by atoms with E-state index in [0.717, 1.165) is 24.3 Å². The number of ether oxygens (including phenoxy) is 1. The summed E-state index contributed by atoms with van der Waals surface area (Å²) in [7, 11) is 1.49. The van der Waals surface area contributed by atoms with Gasteiger partial charge in [-0.05, 0) is 41.8 Å². The van der Waals surface area contributed by atoms with Crippen LogP contribution in [-0.4, -0.2) is 36.7 Å². The number of amides is 3. The second-order valence-corrected chi connectivity index (χ2v) is 6.24. The second kappa shape index (κ2) is 7.14. The van der Waals surface area contributed by atoms with E-state index in [1.54, 1.807) is 29.6 Å². The summed E-state index contributed by atoms with van der Waals surface area (Å²) in [6, 6.07) is 8.86. The van der Waals surface area contributed by atoms with Crippen molar-refractivity contribution in [1.82, 2.24) is 10.2 Å². The zero-order chi connectivity index (χ0) is 20.5. The Morgan fingerprint density at radius 1 is 1.04 bits per heavy atom. The molecular formula is C19H16F4N2O3. The number of urea groups is 1. The minimum absolute atomic E-state index is 0.167. The number of nitrogens with zero attached hydrogens (tertiary/aromatic N) is 1. The van der Waals surface area contributed by atoms with Gasteiger partial charge in [0.2, 0.25) is 5.54 Å². The van der Waals surface area contributed by atoms with Crippen molar-refractivity contribution < 1.29 is 31.9 Å². The third-order valence-electron chi connectivity index (χ3n) is 4.59. The molecule has 3 rings (SSSR count). The third-order valence-corrected chi connectivity index (χ3v) is 4.59. The minimum Gasteiger partial charge on any atom is -0.497 e. The average Bonchev–Trinajstić information content (AvgIpc) is 2.92. The fraction of sp³-hybridized carbons (Fsp3) is 0.263. The summed E-state index contributed by atoms with van der Waals surface area (Å²) in [5, 5.41) is 1.77. The van der Waals surface area contributed by atoms with Crippen molar-refractivity contribution >= 4 is 11.9 Å². The van der Waals surface area contributed by atoms with Gasteiger partial charge in [0.15, 0.2) is 0 Å². The lowest BCUT2D eigenvalue weighted by molar-refractivity contribution is -0.198. The van der Waals surface area contributed by atoms with Crippen LogP contribution in [0.4, 0.5) is 22.4 Å². The Hall–Kier alpha value is -3.10. The number of carbonyl (C=O) groups excluding carboxylic acids is 2. The predicted molar refractivity (Wildman–Crippen MR) is 91.1 cm³/mol. The molecule has 0 spiro atoms. The Labute approximate surface area is 157 Å². The molecule has 9 heteroatoms. The number of halogens is 4. The van der Waals surface area contributed by atoms with Crippen LogP contribution in [0.3, 0.4) is 0 Å². The fourth-order valence-electron chi connectivity index (χ4n) is 3.06. The van der Waals surface area contributed by atoms with Crippen LogP contribution in [0.1, 0.15) is 11.1 Å². The Bertz CT molecular complexity index is 882. The van der Waals surface area contributed by atoms with E-state index in [4.69, 9.17) is 4.74 Å². The van der Waals surface area contributed by atoms with Crippen molar-refractivity contribution in [1.29, 1.82) is 0 Å². The van der Waals surface area contributed by atoms with E-state index < -0.39 is 35.0 Å². The number of rotatable bonds is 5. The van der Waals surface area contributed by atoms with Crippen molar-refractivity contribution in [2.75, 3.05) is 13.7 Å². The maximum Gasteiger partial charge on any atom is 0.425 e. The van der Waals surface area contributed by atoms with Crippen molar-refractivity contribution in [3.8, 4) is 5.75 Å². The highest BCUT2D eigenvalue weighted by molar-refractivity contribution is 6.08. The summed E-state index contributed by atoms with van der Waals surface area (Å²) in [5.74, 6) is -1.59. The minimum atomic E-state index is -5.10. The molecule has 2 aromatic carbocycles. The summed E-state index contributed by atoms with van der Waals surface area (Å²) >= 11 is 0. The first kappa shape index (κ1) is 19.7. The molecule has 1 atom stereocenters. The molecule has 1 heterocycles. The highest BCUT2D eigenvalue weighted by atomic mass is 19.4. The number of nitrogens with one attached hydrogen (secondary N) is 1. The summed E-state index contributed by atoms with van der Waals surface area (Å²) in [4.78, 5) is 25.4. The maximum atomic E-state index is 13.9. The largest absolute Gasteiger partial charge is 0.497 e. The first-order chi connectivity index (χ1) is 13.2. The molecule has 2 aromatic rings. The van der Waals surface area contributed by atoms with Gasteiger partial charge in [0, 0.05) is 6.54 Å². The van der Waals surface area contributed by atoms with Crippen molar-refractivity contribution in [2.24, 2.45) is 0 Å². The van der Waals surface area contributed by atoms with Crippen LogP contribution in [0, 0.1) is 5.82 Å². The molecule has 1 N–H and O–H groups in total. The number of hydrogen-bond acceptors (Lipinski definition) is 3. The lowest BCUT2D eigenvalue weighted by Crippen LogP contribution is -2.55. The molecule has 1 aliphatic heterocycles.